The molecule has 0 radical (unpaired) electrons. The lowest BCUT2D eigenvalue weighted by atomic mass is 10.3. The van der Waals surface area contributed by atoms with Gasteiger partial charge in [-0.15, -0.1) is 11.3 Å². The minimum absolute atomic E-state index is 0.160. The minimum atomic E-state index is -3.60. The van der Waals surface area contributed by atoms with Crippen molar-refractivity contribution in [3.05, 3.63) is 40.0 Å². The van der Waals surface area contributed by atoms with Crippen LogP contribution >= 0.6 is 11.3 Å². The van der Waals surface area contributed by atoms with Crippen LogP contribution in [0.4, 0.5) is 0 Å². The Balaban J connectivity index is 2.17. The Morgan fingerprint density at radius 2 is 2.21 bits per heavy atom. The maximum absolute atomic E-state index is 12.1. The summed E-state index contributed by atoms with van der Waals surface area (Å²) in [6, 6.07) is 4.55. The third-order valence-corrected chi connectivity index (χ3v) is 5.21. The SMILES string of the molecule is Cc1ccc(C(C)NS(=O)(=O)c2csc(CO)c2)o1. The highest BCUT2D eigenvalue weighted by atomic mass is 32.2. The van der Waals surface area contributed by atoms with Gasteiger partial charge in [0.2, 0.25) is 10.0 Å². The zero-order valence-corrected chi connectivity index (χ0v) is 12.2. The van der Waals surface area contributed by atoms with Gasteiger partial charge in [-0.25, -0.2) is 13.1 Å². The number of aliphatic hydroxyl groups is 1. The highest BCUT2D eigenvalue weighted by Crippen LogP contribution is 2.22. The summed E-state index contributed by atoms with van der Waals surface area (Å²) in [4.78, 5) is 0.776. The lowest BCUT2D eigenvalue weighted by molar-refractivity contribution is 0.285. The van der Waals surface area contributed by atoms with Crippen molar-refractivity contribution in [2.75, 3.05) is 0 Å². The Kier molecular flexibility index (Phi) is 4.10. The molecule has 2 aromatic rings. The standard InChI is InChI=1S/C12H15NO4S2/c1-8-3-4-12(17-8)9(2)13-19(15,16)11-5-10(6-14)18-7-11/h3-5,7,9,13-14H,6H2,1-2H3. The van der Waals surface area contributed by atoms with Gasteiger partial charge in [-0.3, -0.25) is 0 Å². The first-order valence-electron chi connectivity index (χ1n) is 5.69. The average molecular weight is 301 g/mol. The number of thiophene rings is 1. The summed E-state index contributed by atoms with van der Waals surface area (Å²) >= 11 is 1.21. The normalized spacial score (nSPS) is 13.6. The van der Waals surface area contributed by atoms with Gasteiger partial charge < -0.3 is 9.52 Å². The van der Waals surface area contributed by atoms with Crippen molar-refractivity contribution < 1.29 is 17.9 Å². The Hall–Kier alpha value is -1.15. The molecule has 1 unspecified atom stereocenters. The summed E-state index contributed by atoms with van der Waals surface area (Å²) in [6.07, 6.45) is 0. The molecule has 0 saturated carbocycles. The highest BCUT2D eigenvalue weighted by Gasteiger charge is 2.21. The quantitative estimate of drug-likeness (QED) is 0.887. The van der Waals surface area contributed by atoms with Crippen LogP contribution in [0.1, 0.15) is 29.4 Å². The average Bonchev–Trinajstić information content (AvgIpc) is 2.96. The fourth-order valence-corrected chi connectivity index (χ4v) is 3.98. The van der Waals surface area contributed by atoms with Crippen molar-refractivity contribution >= 4 is 21.4 Å². The van der Waals surface area contributed by atoms with Crippen LogP contribution in [0, 0.1) is 6.92 Å². The maximum atomic E-state index is 12.1. The van der Waals surface area contributed by atoms with E-state index in [0.717, 1.165) is 5.76 Å². The van der Waals surface area contributed by atoms with E-state index >= 15 is 0 Å². The highest BCUT2D eigenvalue weighted by molar-refractivity contribution is 7.89. The molecule has 1 atom stereocenters. The lowest BCUT2D eigenvalue weighted by Crippen LogP contribution is -2.26. The van der Waals surface area contributed by atoms with Gasteiger partial charge in [0.25, 0.3) is 0 Å². The van der Waals surface area contributed by atoms with Crippen LogP contribution in [0.2, 0.25) is 0 Å². The number of hydrogen-bond acceptors (Lipinski definition) is 5. The van der Waals surface area contributed by atoms with Crippen LogP contribution in [0.3, 0.4) is 0 Å². The summed E-state index contributed by atoms with van der Waals surface area (Å²) in [6.45, 7) is 3.36. The van der Waals surface area contributed by atoms with E-state index in [0.29, 0.717) is 10.6 Å². The molecule has 0 fully saturated rings. The fraction of sp³-hybridized carbons (Fsp3) is 0.333. The van der Waals surface area contributed by atoms with Gasteiger partial charge in [0.1, 0.15) is 11.5 Å². The second-order valence-corrected chi connectivity index (χ2v) is 6.91. The van der Waals surface area contributed by atoms with Gasteiger partial charge in [0, 0.05) is 10.3 Å². The molecule has 0 aliphatic carbocycles. The molecule has 0 amide bonds. The largest absolute Gasteiger partial charge is 0.465 e. The molecule has 0 aliphatic heterocycles. The van der Waals surface area contributed by atoms with Crippen molar-refractivity contribution in [1.29, 1.82) is 0 Å². The maximum Gasteiger partial charge on any atom is 0.242 e. The number of aryl methyl sites for hydroxylation is 1. The molecule has 19 heavy (non-hydrogen) atoms. The van der Waals surface area contributed by atoms with Gasteiger partial charge in [-0.2, -0.15) is 0 Å². The van der Waals surface area contributed by atoms with Crippen molar-refractivity contribution in [3.8, 4) is 0 Å². The van der Waals surface area contributed by atoms with Crippen molar-refractivity contribution in [2.45, 2.75) is 31.4 Å². The van der Waals surface area contributed by atoms with Gasteiger partial charge >= 0.3 is 0 Å². The second kappa shape index (κ2) is 5.46. The topological polar surface area (TPSA) is 79.5 Å². The number of nitrogens with one attached hydrogen (secondary N) is 1. The van der Waals surface area contributed by atoms with E-state index in [2.05, 4.69) is 4.72 Å². The summed E-state index contributed by atoms with van der Waals surface area (Å²) in [5, 5.41) is 10.5. The number of sulfonamides is 1. The van der Waals surface area contributed by atoms with Gasteiger partial charge in [0.15, 0.2) is 0 Å². The van der Waals surface area contributed by atoms with Crippen LogP contribution in [0.15, 0.2) is 32.9 Å². The van der Waals surface area contributed by atoms with E-state index in [9.17, 15) is 8.42 Å². The molecule has 0 spiro atoms. The van der Waals surface area contributed by atoms with Crippen LogP contribution in [0.5, 0.6) is 0 Å². The molecule has 0 aliphatic rings. The number of rotatable bonds is 5. The molecular formula is C12H15NO4S2. The van der Waals surface area contributed by atoms with Crippen molar-refractivity contribution in [1.82, 2.24) is 4.72 Å². The number of aliphatic hydroxyl groups excluding tert-OH is 1. The third kappa shape index (κ3) is 3.24. The first kappa shape index (κ1) is 14.3. The lowest BCUT2D eigenvalue weighted by Gasteiger charge is -2.11. The Bertz CT molecular complexity index is 657. The molecule has 0 bridgehead atoms. The minimum Gasteiger partial charge on any atom is -0.465 e. The van der Waals surface area contributed by atoms with E-state index in [1.165, 1.54) is 22.8 Å². The zero-order chi connectivity index (χ0) is 14.0. The van der Waals surface area contributed by atoms with Crippen LogP contribution in [-0.4, -0.2) is 13.5 Å². The van der Waals surface area contributed by atoms with E-state index < -0.39 is 16.1 Å². The van der Waals surface area contributed by atoms with Crippen LogP contribution < -0.4 is 4.72 Å². The molecule has 5 nitrogen and oxygen atoms in total. The fourth-order valence-electron chi connectivity index (χ4n) is 1.63. The number of furan rings is 1. The van der Waals surface area contributed by atoms with Crippen molar-refractivity contribution in [2.24, 2.45) is 0 Å². The molecule has 2 rings (SSSR count). The summed E-state index contributed by atoms with van der Waals surface area (Å²) in [7, 11) is -3.60. The Morgan fingerprint density at radius 3 is 2.74 bits per heavy atom. The Morgan fingerprint density at radius 1 is 1.47 bits per heavy atom. The molecule has 2 aromatic heterocycles. The molecule has 7 heteroatoms. The summed E-state index contributed by atoms with van der Waals surface area (Å²) in [5.74, 6) is 1.30. The van der Waals surface area contributed by atoms with E-state index in [4.69, 9.17) is 9.52 Å². The first-order valence-corrected chi connectivity index (χ1v) is 8.05. The number of hydrogen-bond donors (Lipinski definition) is 2. The monoisotopic (exact) mass is 301 g/mol. The molecule has 0 aromatic carbocycles. The third-order valence-electron chi connectivity index (χ3n) is 2.62. The first-order chi connectivity index (χ1) is 8.92. The molecule has 2 N–H and O–H groups in total. The summed E-state index contributed by atoms with van der Waals surface area (Å²) in [5.41, 5.74) is 0. The van der Waals surface area contributed by atoms with Crippen molar-refractivity contribution in [3.63, 3.8) is 0 Å². The van der Waals surface area contributed by atoms with E-state index in [1.54, 1.807) is 26.0 Å². The van der Waals surface area contributed by atoms with E-state index in [-0.39, 0.29) is 11.5 Å². The molecular weight excluding hydrogens is 286 g/mol. The van der Waals surface area contributed by atoms with Gasteiger partial charge in [-0.1, -0.05) is 0 Å². The van der Waals surface area contributed by atoms with E-state index in [1.807, 2.05) is 0 Å². The summed E-state index contributed by atoms with van der Waals surface area (Å²) < 4.78 is 32.2. The van der Waals surface area contributed by atoms with Gasteiger partial charge in [-0.05, 0) is 32.0 Å². The Labute approximate surface area is 115 Å². The van der Waals surface area contributed by atoms with Gasteiger partial charge in [0.05, 0.1) is 17.5 Å². The van der Waals surface area contributed by atoms with Crippen LogP contribution in [-0.2, 0) is 16.6 Å². The zero-order valence-electron chi connectivity index (χ0n) is 10.6. The predicted molar refractivity (Wildman–Crippen MR) is 72.4 cm³/mol. The molecule has 104 valence electrons. The molecule has 2 heterocycles. The molecule has 0 saturated heterocycles. The second-order valence-electron chi connectivity index (χ2n) is 4.20. The predicted octanol–water partition coefficient (Wildman–Crippen LogP) is 2.18. The van der Waals surface area contributed by atoms with Crippen LogP contribution in [0.25, 0.3) is 0 Å². The smallest absolute Gasteiger partial charge is 0.242 e.